The minimum absolute atomic E-state index is 0.103. The molecule has 0 saturated heterocycles. The zero-order chi connectivity index (χ0) is 13.9. The predicted molar refractivity (Wildman–Crippen MR) is 67.3 cm³/mol. The van der Waals surface area contributed by atoms with Crippen LogP contribution in [-0.4, -0.2) is 27.1 Å². The minimum Gasteiger partial charge on any atom is -0.479 e. The number of hydrogen-bond acceptors (Lipinski definition) is 4. The second kappa shape index (κ2) is 6.08. The normalized spacial score (nSPS) is 14.0. The first-order valence-electron chi connectivity index (χ1n) is 5.17. The molecular formula is C12H13BrO5. The van der Waals surface area contributed by atoms with Crippen LogP contribution >= 0.6 is 15.9 Å². The third kappa shape index (κ3) is 3.16. The molecule has 5 nitrogen and oxygen atoms in total. The van der Waals surface area contributed by atoms with Crippen molar-refractivity contribution in [3.63, 3.8) is 0 Å². The highest BCUT2D eigenvalue weighted by atomic mass is 79.9. The van der Waals surface area contributed by atoms with E-state index < -0.39 is 16.9 Å². The van der Waals surface area contributed by atoms with E-state index in [1.165, 1.54) is 19.1 Å². The fourth-order valence-electron chi connectivity index (χ4n) is 1.54. The average Bonchev–Trinajstić information content (AvgIpc) is 2.35. The van der Waals surface area contributed by atoms with Gasteiger partial charge in [0.2, 0.25) is 0 Å². The molecule has 1 aromatic rings. The number of alkyl halides is 1. The summed E-state index contributed by atoms with van der Waals surface area (Å²) < 4.78 is 0. The van der Waals surface area contributed by atoms with Crippen molar-refractivity contribution in [2.45, 2.75) is 24.5 Å². The maximum Gasteiger partial charge on any atom is 0.337 e. The van der Waals surface area contributed by atoms with Crippen molar-refractivity contribution in [2.24, 2.45) is 0 Å². The first kappa shape index (κ1) is 14.8. The van der Waals surface area contributed by atoms with Crippen LogP contribution in [-0.2, 0) is 16.2 Å². The molecule has 0 heterocycles. The van der Waals surface area contributed by atoms with Gasteiger partial charge in [0, 0.05) is 0 Å². The fraction of sp³-hybridized carbons (Fsp3) is 0.333. The molecular weight excluding hydrogens is 304 g/mol. The first-order chi connectivity index (χ1) is 8.38. The summed E-state index contributed by atoms with van der Waals surface area (Å²) in [7, 11) is 0. The maximum atomic E-state index is 11.3. The van der Waals surface area contributed by atoms with Gasteiger partial charge >= 0.3 is 5.97 Å². The van der Waals surface area contributed by atoms with Gasteiger partial charge in [-0.2, -0.15) is 0 Å². The van der Waals surface area contributed by atoms with Gasteiger partial charge in [-0.3, -0.25) is 4.79 Å². The molecule has 18 heavy (non-hydrogen) atoms. The predicted octanol–water partition coefficient (Wildman–Crippen LogP) is 1.32. The van der Waals surface area contributed by atoms with Gasteiger partial charge in [0.15, 0.2) is 6.10 Å². The maximum absolute atomic E-state index is 11.3. The van der Waals surface area contributed by atoms with E-state index in [9.17, 15) is 14.7 Å². The first-order valence-corrected chi connectivity index (χ1v) is 6.09. The fourth-order valence-corrected chi connectivity index (χ4v) is 1.96. The van der Waals surface area contributed by atoms with E-state index in [0.717, 1.165) is 0 Å². The molecule has 3 N–H and O–H groups in total. The number of halogens is 1. The van der Waals surface area contributed by atoms with Gasteiger partial charge in [-0.15, -0.1) is 0 Å². The number of carboxylic acids is 1. The van der Waals surface area contributed by atoms with Crippen LogP contribution in [0.5, 0.6) is 0 Å². The number of aliphatic carboxylic acids is 1. The molecule has 0 radical (unpaired) electrons. The molecule has 2 atom stereocenters. The van der Waals surface area contributed by atoms with E-state index in [2.05, 4.69) is 15.9 Å². The SMILES string of the molecule is CC(=O)C(Br)c1ccc(CO)cc1C(O)C(=O)O. The summed E-state index contributed by atoms with van der Waals surface area (Å²) in [5, 5.41) is 27.5. The Bertz CT molecular complexity index is 472. The van der Waals surface area contributed by atoms with Crippen LogP contribution in [0.3, 0.4) is 0 Å². The van der Waals surface area contributed by atoms with E-state index in [0.29, 0.717) is 11.1 Å². The summed E-state index contributed by atoms with van der Waals surface area (Å²) in [5.74, 6) is -1.61. The quantitative estimate of drug-likeness (QED) is 0.712. The van der Waals surface area contributed by atoms with Gasteiger partial charge in [0.25, 0.3) is 0 Å². The van der Waals surface area contributed by atoms with Gasteiger partial charge in [-0.1, -0.05) is 28.1 Å². The molecule has 2 unspecified atom stereocenters. The monoisotopic (exact) mass is 316 g/mol. The molecule has 0 aliphatic heterocycles. The molecule has 0 fully saturated rings. The van der Waals surface area contributed by atoms with E-state index in [1.54, 1.807) is 6.07 Å². The summed E-state index contributed by atoms with van der Waals surface area (Å²) in [5.41, 5.74) is 0.957. The lowest BCUT2D eigenvalue weighted by atomic mass is 9.96. The topological polar surface area (TPSA) is 94.8 Å². The molecule has 98 valence electrons. The Morgan fingerprint density at radius 1 is 1.33 bits per heavy atom. The third-order valence-corrected chi connectivity index (χ3v) is 3.63. The summed E-state index contributed by atoms with van der Waals surface area (Å²) in [6.07, 6.45) is -1.73. The highest BCUT2D eigenvalue weighted by molar-refractivity contribution is 9.09. The molecule has 0 saturated carbocycles. The Kier molecular flexibility index (Phi) is 5.01. The Balaban J connectivity index is 3.33. The number of ketones is 1. The standard InChI is InChI=1S/C12H13BrO5/c1-6(15)10(13)8-3-2-7(5-14)4-9(8)11(16)12(17)18/h2-4,10-11,14,16H,5H2,1H3,(H,17,18). The van der Waals surface area contributed by atoms with Crippen LogP contribution in [0.4, 0.5) is 0 Å². The second-order valence-corrected chi connectivity index (χ2v) is 4.75. The van der Waals surface area contributed by atoms with E-state index in [-0.39, 0.29) is 18.0 Å². The van der Waals surface area contributed by atoms with Crippen molar-refractivity contribution in [2.75, 3.05) is 0 Å². The van der Waals surface area contributed by atoms with Crippen molar-refractivity contribution < 1.29 is 24.9 Å². The van der Waals surface area contributed by atoms with Gasteiger partial charge in [-0.25, -0.2) is 4.79 Å². The molecule has 0 bridgehead atoms. The van der Waals surface area contributed by atoms with Gasteiger partial charge < -0.3 is 15.3 Å². The largest absolute Gasteiger partial charge is 0.479 e. The Hall–Kier alpha value is -1.24. The number of Topliss-reactive ketones (excluding diaryl/α,β-unsaturated/α-hetero) is 1. The third-order valence-electron chi connectivity index (χ3n) is 2.49. The summed E-state index contributed by atoms with van der Waals surface area (Å²) in [4.78, 5) is 21.5. The van der Waals surface area contributed by atoms with Crippen LogP contribution in [0.1, 0.15) is 34.5 Å². The molecule has 1 rings (SSSR count). The van der Waals surface area contributed by atoms with Crippen LogP contribution in [0.15, 0.2) is 18.2 Å². The van der Waals surface area contributed by atoms with Crippen molar-refractivity contribution in [1.29, 1.82) is 0 Å². The van der Waals surface area contributed by atoms with E-state index in [1.807, 2.05) is 0 Å². The van der Waals surface area contributed by atoms with Crippen LogP contribution in [0.25, 0.3) is 0 Å². The van der Waals surface area contributed by atoms with Crippen molar-refractivity contribution >= 4 is 27.7 Å². The van der Waals surface area contributed by atoms with Crippen LogP contribution in [0, 0.1) is 0 Å². The summed E-state index contributed by atoms with van der Waals surface area (Å²) in [6, 6.07) is 4.48. The number of carbonyl (C=O) groups is 2. The lowest BCUT2D eigenvalue weighted by molar-refractivity contribution is -0.147. The summed E-state index contributed by atoms with van der Waals surface area (Å²) in [6.45, 7) is 1.09. The lowest BCUT2D eigenvalue weighted by Gasteiger charge is -2.16. The van der Waals surface area contributed by atoms with Crippen molar-refractivity contribution in [1.82, 2.24) is 0 Å². The average molecular weight is 317 g/mol. The number of carbonyl (C=O) groups excluding carboxylic acids is 1. The van der Waals surface area contributed by atoms with E-state index in [4.69, 9.17) is 10.2 Å². The Labute approximate surface area is 112 Å². The molecule has 0 aliphatic rings. The lowest BCUT2D eigenvalue weighted by Crippen LogP contribution is -2.15. The van der Waals surface area contributed by atoms with Gasteiger partial charge in [0.1, 0.15) is 5.78 Å². The summed E-state index contributed by atoms with van der Waals surface area (Å²) >= 11 is 3.15. The number of aliphatic hydroxyl groups is 2. The number of benzene rings is 1. The van der Waals surface area contributed by atoms with E-state index >= 15 is 0 Å². The molecule has 1 aromatic carbocycles. The van der Waals surface area contributed by atoms with Crippen LogP contribution < -0.4 is 0 Å². The van der Waals surface area contributed by atoms with Crippen molar-refractivity contribution in [3.05, 3.63) is 34.9 Å². The van der Waals surface area contributed by atoms with Crippen LogP contribution in [0.2, 0.25) is 0 Å². The molecule has 0 aliphatic carbocycles. The van der Waals surface area contributed by atoms with Gasteiger partial charge in [-0.05, 0) is 29.7 Å². The smallest absolute Gasteiger partial charge is 0.337 e. The molecule has 0 spiro atoms. The number of aliphatic hydroxyl groups excluding tert-OH is 2. The Morgan fingerprint density at radius 2 is 1.94 bits per heavy atom. The van der Waals surface area contributed by atoms with Gasteiger partial charge in [0.05, 0.1) is 11.4 Å². The van der Waals surface area contributed by atoms with Crippen molar-refractivity contribution in [3.8, 4) is 0 Å². The second-order valence-electron chi connectivity index (χ2n) is 3.84. The Morgan fingerprint density at radius 3 is 2.39 bits per heavy atom. The zero-order valence-corrected chi connectivity index (χ0v) is 11.2. The zero-order valence-electron chi connectivity index (χ0n) is 9.63. The minimum atomic E-state index is -1.73. The number of carboxylic acid groups (broad SMARTS) is 1. The molecule has 6 heteroatoms. The highest BCUT2D eigenvalue weighted by Gasteiger charge is 2.24. The molecule has 0 aromatic heterocycles. The number of hydrogen-bond donors (Lipinski definition) is 3. The highest BCUT2D eigenvalue weighted by Crippen LogP contribution is 2.31. The number of rotatable bonds is 5. The molecule has 0 amide bonds.